The Kier molecular flexibility index (Phi) is 6.91. The summed E-state index contributed by atoms with van der Waals surface area (Å²) in [6.07, 6.45) is 2.86. The lowest BCUT2D eigenvalue weighted by atomic mass is 9.93. The smallest absolute Gasteiger partial charge is 0.326 e. The van der Waals surface area contributed by atoms with Gasteiger partial charge in [-0.3, -0.25) is 4.90 Å². The van der Waals surface area contributed by atoms with Crippen molar-refractivity contribution in [1.29, 1.82) is 0 Å². The highest BCUT2D eigenvalue weighted by Crippen LogP contribution is 2.39. The van der Waals surface area contributed by atoms with Crippen LogP contribution < -0.4 is 10.2 Å². The van der Waals surface area contributed by atoms with E-state index in [4.69, 9.17) is 9.51 Å². The molecule has 0 saturated carbocycles. The molecule has 5 rings (SSSR count). The fourth-order valence-corrected chi connectivity index (χ4v) is 4.75. The molecule has 1 aliphatic rings. The lowest BCUT2D eigenvalue weighted by Gasteiger charge is -2.35. The molecular weight excluding hydrogens is 460 g/mol. The minimum atomic E-state index is -0.416. The molecule has 2 heterocycles. The number of benzene rings is 3. The summed E-state index contributed by atoms with van der Waals surface area (Å²) in [5.41, 5.74) is 7.89. The summed E-state index contributed by atoms with van der Waals surface area (Å²) < 4.78 is 5.84. The zero-order valence-electron chi connectivity index (χ0n) is 21.8. The number of allylic oxidation sites excluding steroid dienone is 1. The molecule has 0 aliphatic carbocycles. The summed E-state index contributed by atoms with van der Waals surface area (Å²) >= 11 is 0. The van der Waals surface area contributed by atoms with Crippen molar-refractivity contribution < 1.29 is 9.32 Å². The van der Waals surface area contributed by atoms with Gasteiger partial charge in [-0.1, -0.05) is 86.6 Å². The minimum absolute atomic E-state index is 0.190. The molecule has 1 aliphatic heterocycles. The summed E-state index contributed by atoms with van der Waals surface area (Å²) in [4.78, 5) is 19.9. The largest absolute Gasteiger partial charge is 0.334 e. The van der Waals surface area contributed by atoms with E-state index >= 15 is 0 Å². The zero-order valence-corrected chi connectivity index (χ0v) is 21.8. The number of carbonyl (C=O) groups is 1. The van der Waals surface area contributed by atoms with Gasteiger partial charge in [0.1, 0.15) is 0 Å². The second-order valence-corrected chi connectivity index (χ2v) is 9.31. The van der Waals surface area contributed by atoms with E-state index in [0.717, 1.165) is 47.3 Å². The number of aromatic nitrogens is 2. The minimum Gasteiger partial charge on any atom is -0.334 e. The first-order valence-electron chi connectivity index (χ1n) is 12.9. The molecule has 2 amide bonds. The third kappa shape index (κ3) is 4.79. The fourth-order valence-electron chi connectivity index (χ4n) is 4.75. The molecule has 188 valence electrons. The summed E-state index contributed by atoms with van der Waals surface area (Å²) in [7, 11) is 0. The van der Waals surface area contributed by atoms with Gasteiger partial charge in [-0.25, -0.2) is 4.79 Å². The van der Waals surface area contributed by atoms with Crippen LogP contribution in [0, 0.1) is 0 Å². The van der Waals surface area contributed by atoms with Crippen molar-refractivity contribution in [1.82, 2.24) is 15.5 Å². The standard InChI is InChI=1S/C31H32N4O2/c1-5-21-8-14-24(15-9-21)28-27(30-33-29(34-37-30)25-16-10-22(6-2)11-17-25)20(4)35(31(36)32-28)26-18-12-23(7-3)13-19-26/h8-19,28H,5-7H2,1-4H3,(H,32,36). The summed E-state index contributed by atoms with van der Waals surface area (Å²) in [6, 6.07) is 23.9. The van der Waals surface area contributed by atoms with Crippen LogP contribution in [0.25, 0.3) is 17.0 Å². The van der Waals surface area contributed by atoms with Crippen LogP contribution in [0.1, 0.15) is 61.9 Å². The molecule has 4 aromatic rings. The fraction of sp³-hybridized carbons (Fsp3) is 0.258. The highest BCUT2D eigenvalue weighted by atomic mass is 16.5. The second-order valence-electron chi connectivity index (χ2n) is 9.31. The monoisotopic (exact) mass is 492 g/mol. The molecule has 0 spiro atoms. The van der Waals surface area contributed by atoms with E-state index in [9.17, 15) is 4.79 Å². The van der Waals surface area contributed by atoms with Gasteiger partial charge in [-0.15, -0.1) is 0 Å². The Bertz CT molecular complexity index is 1420. The van der Waals surface area contributed by atoms with Crippen LogP contribution in [0.4, 0.5) is 10.5 Å². The number of amides is 2. The molecule has 6 nitrogen and oxygen atoms in total. The van der Waals surface area contributed by atoms with Crippen LogP contribution in [-0.4, -0.2) is 16.2 Å². The number of nitrogens with one attached hydrogen (secondary N) is 1. The topological polar surface area (TPSA) is 71.3 Å². The molecule has 0 bridgehead atoms. The summed E-state index contributed by atoms with van der Waals surface area (Å²) in [5, 5.41) is 7.49. The summed E-state index contributed by atoms with van der Waals surface area (Å²) in [5.74, 6) is 0.917. The van der Waals surface area contributed by atoms with Crippen molar-refractivity contribution in [3.63, 3.8) is 0 Å². The van der Waals surface area contributed by atoms with Crippen molar-refractivity contribution in [3.8, 4) is 11.4 Å². The third-order valence-corrected chi connectivity index (χ3v) is 7.09. The predicted octanol–water partition coefficient (Wildman–Crippen LogP) is 7.13. The van der Waals surface area contributed by atoms with Crippen molar-refractivity contribution in [2.75, 3.05) is 4.90 Å². The molecule has 1 unspecified atom stereocenters. The van der Waals surface area contributed by atoms with E-state index in [0.29, 0.717) is 11.7 Å². The number of nitrogens with zero attached hydrogens (tertiary/aromatic N) is 3. The van der Waals surface area contributed by atoms with Gasteiger partial charge in [0.2, 0.25) is 5.82 Å². The molecule has 6 heteroatoms. The number of urea groups is 1. The van der Waals surface area contributed by atoms with Crippen molar-refractivity contribution in [3.05, 3.63) is 107 Å². The second kappa shape index (κ2) is 10.4. The van der Waals surface area contributed by atoms with Gasteiger partial charge in [0.05, 0.1) is 17.3 Å². The Morgan fingerprint density at radius 1 is 0.811 bits per heavy atom. The van der Waals surface area contributed by atoms with Crippen molar-refractivity contribution in [2.45, 2.75) is 53.0 Å². The van der Waals surface area contributed by atoms with Crippen LogP contribution in [-0.2, 0) is 19.3 Å². The lowest BCUT2D eigenvalue weighted by molar-refractivity contribution is 0.244. The van der Waals surface area contributed by atoms with Gasteiger partial charge < -0.3 is 9.84 Å². The first kappa shape index (κ1) is 24.5. The number of hydrogen-bond acceptors (Lipinski definition) is 4. The van der Waals surface area contributed by atoms with E-state index in [1.54, 1.807) is 4.90 Å². The van der Waals surface area contributed by atoms with Crippen LogP contribution >= 0.6 is 0 Å². The Balaban J connectivity index is 1.61. The lowest BCUT2D eigenvalue weighted by Crippen LogP contribution is -2.46. The predicted molar refractivity (Wildman–Crippen MR) is 147 cm³/mol. The molecule has 0 fully saturated rings. The maximum Gasteiger partial charge on any atom is 0.326 e. The zero-order chi connectivity index (χ0) is 25.9. The van der Waals surface area contributed by atoms with Crippen molar-refractivity contribution >= 4 is 17.3 Å². The average molecular weight is 493 g/mol. The molecule has 1 atom stereocenters. The first-order valence-corrected chi connectivity index (χ1v) is 12.9. The molecule has 3 aromatic carbocycles. The van der Waals surface area contributed by atoms with Crippen LogP contribution in [0.15, 0.2) is 83.0 Å². The van der Waals surface area contributed by atoms with Gasteiger partial charge in [-0.05, 0) is 60.6 Å². The Morgan fingerprint density at radius 3 is 1.92 bits per heavy atom. The van der Waals surface area contributed by atoms with Crippen LogP contribution in [0.3, 0.4) is 0 Å². The number of rotatable bonds is 7. The van der Waals surface area contributed by atoms with Gasteiger partial charge in [0, 0.05) is 11.3 Å². The average Bonchev–Trinajstić information content (AvgIpc) is 3.43. The van der Waals surface area contributed by atoms with Gasteiger partial charge in [0.15, 0.2) is 0 Å². The van der Waals surface area contributed by atoms with E-state index in [1.807, 2.05) is 31.2 Å². The Morgan fingerprint density at radius 2 is 1.35 bits per heavy atom. The maximum absolute atomic E-state index is 13.4. The molecular formula is C31H32N4O2. The quantitative estimate of drug-likeness (QED) is 0.298. The molecule has 1 aromatic heterocycles. The maximum atomic E-state index is 13.4. The number of carbonyl (C=O) groups excluding carboxylic acids is 1. The first-order chi connectivity index (χ1) is 18.0. The van der Waals surface area contributed by atoms with Crippen molar-refractivity contribution in [2.24, 2.45) is 0 Å². The molecule has 1 N–H and O–H groups in total. The van der Waals surface area contributed by atoms with Gasteiger partial charge >= 0.3 is 6.03 Å². The van der Waals surface area contributed by atoms with E-state index in [2.05, 4.69) is 79.8 Å². The number of hydrogen-bond donors (Lipinski definition) is 1. The Labute approximate surface area is 218 Å². The third-order valence-electron chi connectivity index (χ3n) is 7.09. The molecule has 0 radical (unpaired) electrons. The van der Waals surface area contributed by atoms with Gasteiger partial charge in [0.25, 0.3) is 5.89 Å². The van der Waals surface area contributed by atoms with Crippen LogP contribution in [0.5, 0.6) is 0 Å². The molecule has 37 heavy (non-hydrogen) atoms. The highest BCUT2D eigenvalue weighted by Gasteiger charge is 2.36. The molecule has 0 saturated heterocycles. The van der Waals surface area contributed by atoms with Crippen LogP contribution in [0.2, 0.25) is 0 Å². The number of anilines is 1. The Hall–Kier alpha value is -4.19. The van der Waals surface area contributed by atoms with Gasteiger partial charge in [-0.2, -0.15) is 4.98 Å². The summed E-state index contributed by atoms with van der Waals surface area (Å²) in [6.45, 7) is 8.31. The van der Waals surface area contributed by atoms with E-state index in [-0.39, 0.29) is 6.03 Å². The normalized spacial score (nSPS) is 15.7. The van der Waals surface area contributed by atoms with E-state index in [1.165, 1.54) is 16.7 Å². The highest BCUT2D eigenvalue weighted by molar-refractivity contribution is 6.01. The SMILES string of the molecule is CCc1ccc(-c2noc(C3=C(C)N(c4ccc(CC)cc4)C(=O)NC3c3ccc(CC)cc3)n2)cc1. The van der Waals surface area contributed by atoms with E-state index < -0.39 is 6.04 Å². The number of aryl methyl sites for hydroxylation is 3.